The fourth-order valence-corrected chi connectivity index (χ4v) is 1.02. The molecule has 0 saturated carbocycles. The monoisotopic (exact) mass is 226 g/mol. The van der Waals surface area contributed by atoms with Crippen LogP contribution in [0.5, 0.6) is 0 Å². The summed E-state index contributed by atoms with van der Waals surface area (Å²) in [4.78, 5) is 22.1. The van der Waals surface area contributed by atoms with E-state index in [1.165, 1.54) is 6.26 Å². The zero-order valence-corrected chi connectivity index (χ0v) is 8.99. The molecular weight excluding hydrogens is 212 g/mol. The Morgan fingerprint density at radius 3 is 2.94 bits per heavy atom. The van der Waals surface area contributed by atoms with Gasteiger partial charge in [-0.05, 0) is 13.0 Å². The Balaban J connectivity index is 2.13. The van der Waals surface area contributed by atoms with Crippen molar-refractivity contribution in [1.82, 2.24) is 5.32 Å². The maximum absolute atomic E-state index is 11.2. The first-order valence-corrected chi connectivity index (χ1v) is 4.96. The summed E-state index contributed by atoms with van der Waals surface area (Å²) < 4.78 is 9.61. The van der Waals surface area contributed by atoms with Crippen LogP contribution in [0.15, 0.2) is 22.8 Å². The lowest BCUT2D eigenvalue weighted by atomic mass is 10.4. The molecule has 0 aliphatic rings. The van der Waals surface area contributed by atoms with Gasteiger partial charge in [-0.25, -0.2) is 4.79 Å². The molecule has 6 nitrogen and oxygen atoms in total. The molecule has 2 N–H and O–H groups in total. The summed E-state index contributed by atoms with van der Waals surface area (Å²) in [5, 5.41) is 4.96. The quantitative estimate of drug-likeness (QED) is 0.743. The lowest BCUT2D eigenvalue weighted by Gasteiger charge is -2.04. The molecule has 1 rings (SSSR count). The zero-order valence-electron chi connectivity index (χ0n) is 8.99. The van der Waals surface area contributed by atoms with Crippen molar-refractivity contribution in [3.8, 4) is 0 Å². The van der Waals surface area contributed by atoms with Gasteiger partial charge in [-0.3, -0.25) is 10.1 Å². The zero-order chi connectivity index (χ0) is 11.8. The van der Waals surface area contributed by atoms with E-state index in [0.29, 0.717) is 12.5 Å². The SMILES string of the molecule is CCOC(=O)CCNC(=O)Nc1ccco1. The van der Waals surface area contributed by atoms with Gasteiger partial charge in [0.25, 0.3) is 0 Å². The van der Waals surface area contributed by atoms with Gasteiger partial charge < -0.3 is 14.5 Å². The van der Waals surface area contributed by atoms with Crippen LogP contribution >= 0.6 is 0 Å². The molecule has 6 heteroatoms. The predicted molar refractivity (Wildman–Crippen MR) is 57.0 cm³/mol. The number of ether oxygens (including phenoxy) is 1. The van der Waals surface area contributed by atoms with Crippen LogP contribution < -0.4 is 10.6 Å². The van der Waals surface area contributed by atoms with Crippen molar-refractivity contribution in [2.75, 3.05) is 18.5 Å². The molecule has 16 heavy (non-hydrogen) atoms. The molecule has 0 aliphatic heterocycles. The Labute approximate surface area is 93.0 Å². The van der Waals surface area contributed by atoms with Gasteiger partial charge in [-0.15, -0.1) is 0 Å². The molecule has 0 bridgehead atoms. The molecule has 0 aromatic carbocycles. The van der Waals surface area contributed by atoms with Gasteiger partial charge in [0.15, 0.2) is 0 Å². The van der Waals surface area contributed by atoms with Gasteiger partial charge in [-0.1, -0.05) is 0 Å². The summed E-state index contributed by atoms with van der Waals surface area (Å²) in [6.07, 6.45) is 1.60. The highest BCUT2D eigenvalue weighted by Crippen LogP contribution is 2.05. The van der Waals surface area contributed by atoms with Crippen molar-refractivity contribution in [1.29, 1.82) is 0 Å². The van der Waals surface area contributed by atoms with Crippen LogP contribution in [0.25, 0.3) is 0 Å². The number of carbonyl (C=O) groups is 2. The van der Waals surface area contributed by atoms with Gasteiger partial charge >= 0.3 is 12.0 Å². The molecule has 1 aromatic heterocycles. The number of amides is 2. The first kappa shape index (κ1) is 12.1. The molecule has 0 spiro atoms. The van der Waals surface area contributed by atoms with Crippen LogP contribution in [0, 0.1) is 0 Å². The van der Waals surface area contributed by atoms with Crippen LogP contribution in [-0.2, 0) is 9.53 Å². The highest BCUT2D eigenvalue weighted by Gasteiger charge is 2.05. The molecule has 0 atom stereocenters. The van der Waals surface area contributed by atoms with Gasteiger partial charge in [0.05, 0.1) is 19.3 Å². The van der Waals surface area contributed by atoms with Crippen molar-refractivity contribution in [3.05, 3.63) is 18.4 Å². The fraction of sp³-hybridized carbons (Fsp3) is 0.400. The molecule has 0 saturated heterocycles. The maximum Gasteiger partial charge on any atom is 0.321 e. The molecule has 0 unspecified atom stereocenters. The molecule has 88 valence electrons. The van der Waals surface area contributed by atoms with E-state index in [2.05, 4.69) is 10.6 Å². The average molecular weight is 226 g/mol. The van der Waals surface area contributed by atoms with Crippen LogP contribution in [-0.4, -0.2) is 25.2 Å². The largest absolute Gasteiger partial charge is 0.466 e. The summed E-state index contributed by atoms with van der Waals surface area (Å²) in [7, 11) is 0. The predicted octanol–water partition coefficient (Wildman–Crippen LogP) is 1.35. The summed E-state index contributed by atoms with van der Waals surface area (Å²) in [5.41, 5.74) is 0. The third-order valence-corrected chi connectivity index (χ3v) is 1.68. The summed E-state index contributed by atoms with van der Waals surface area (Å²) >= 11 is 0. The van der Waals surface area contributed by atoms with E-state index in [9.17, 15) is 9.59 Å². The maximum atomic E-state index is 11.2. The minimum atomic E-state index is -0.417. The van der Waals surface area contributed by atoms with Crippen LogP contribution in [0.4, 0.5) is 10.7 Å². The standard InChI is InChI=1S/C10H14N2O4/c1-2-15-9(13)5-6-11-10(14)12-8-4-3-7-16-8/h3-4,7H,2,5-6H2,1H3,(H2,11,12,14). The minimum absolute atomic E-state index is 0.152. The van der Waals surface area contributed by atoms with Gasteiger partial charge in [0.2, 0.25) is 5.88 Å². The van der Waals surface area contributed by atoms with Gasteiger partial charge in [0, 0.05) is 12.6 Å². The number of furan rings is 1. The number of esters is 1. The number of hydrogen-bond donors (Lipinski definition) is 2. The topological polar surface area (TPSA) is 80.6 Å². The third kappa shape index (κ3) is 4.50. The van der Waals surface area contributed by atoms with Gasteiger partial charge in [-0.2, -0.15) is 0 Å². The lowest BCUT2D eigenvalue weighted by molar-refractivity contribution is -0.142. The van der Waals surface area contributed by atoms with E-state index < -0.39 is 6.03 Å². The molecule has 1 aromatic rings. The minimum Gasteiger partial charge on any atom is -0.466 e. The lowest BCUT2D eigenvalue weighted by Crippen LogP contribution is -2.30. The normalized spacial score (nSPS) is 9.56. The number of nitrogens with one attached hydrogen (secondary N) is 2. The number of carbonyl (C=O) groups excluding carboxylic acids is 2. The average Bonchev–Trinajstić information content (AvgIpc) is 2.70. The van der Waals surface area contributed by atoms with Crippen LogP contribution in [0.2, 0.25) is 0 Å². The molecule has 2 amide bonds. The summed E-state index contributed by atoms with van der Waals surface area (Å²) in [6.45, 7) is 2.30. The van der Waals surface area contributed by atoms with Crippen LogP contribution in [0.3, 0.4) is 0 Å². The van der Waals surface area contributed by atoms with E-state index in [0.717, 1.165) is 0 Å². The number of hydrogen-bond acceptors (Lipinski definition) is 4. The van der Waals surface area contributed by atoms with Crippen molar-refractivity contribution >= 4 is 17.9 Å². The summed E-state index contributed by atoms with van der Waals surface area (Å²) in [5.74, 6) is 0.0226. The van der Waals surface area contributed by atoms with E-state index in [1.54, 1.807) is 19.1 Å². The van der Waals surface area contributed by atoms with Crippen LogP contribution in [0.1, 0.15) is 13.3 Å². The van der Waals surface area contributed by atoms with Crippen molar-refractivity contribution in [3.63, 3.8) is 0 Å². The van der Waals surface area contributed by atoms with E-state index in [-0.39, 0.29) is 18.9 Å². The highest BCUT2D eigenvalue weighted by molar-refractivity contribution is 5.87. The number of anilines is 1. The van der Waals surface area contributed by atoms with E-state index in [4.69, 9.17) is 9.15 Å². The second-order valence-corrected chi connectivity index (χ2v) is 2.91. The summed E-state index contributed by atoms with van der Waals surface area (Å²) in [6, 6.07) is 2.86. The first-order valence-electron chi connectivity index (χ1n) is 4.96. The molecular formula is C10H14N2O4. The Bertz CT molecular complexity index is 335. The Kier molecular flexibility index (Phi) is 4.91. The molecule has 0 fully saturated rings. The first-order chi connectivity index (χ1) is 7.72. The smallest absolute Gasteiger partial charge is 0.321 e. The highest BCUT2D eigenvalue weighted by atomic mass is 16.5. The molecule has 1 heterocycles. The second kappa shape index (κ2) is 6.49. The number of urea groups is 1. The molecule has 0 aliphatic carbocycles. The van der Waals surface area contributed by atoms with Crippen molar-refractivity contribution in [2.45, 2.75) is 13.3 Å². The van der Waals surface area contributed by atoms with Crippen molar-refractivity contribution < 1.29 is 18.7 Å². The second-order valence-electron chi connectivity index (χ2n) is 2.91. The third-order valence-electron chi connectivity index (χ3n) is 1.68. The van der Waals surface area contributed by atoms with E-state index >= 15 is 0 Å². The molecule has 0 radical (unpaired) electrons. The van der Waals surface area contributed by atoms with Gasteiger partial charge in [0.1, 0.15) is 0 Å². The Morgan fingerprint density at radius 1 is 1.50 bits per heavy atom. The Morgan fingerprint density at radius 2 is 2.31 bits per heavy atom. The number of rotatable bonds is 5. The fourth-order valence-electron chi connectivity index (χ4n) is 1.02. The van der Waals surface area contributed by atoms with Crippen molar-refractivity contribution in [2.24, 2.45) is 0 Å². The van der Waals surface area contributed by atoms with E-state index in [1.807, 2.05) is 0 Å². The Hall–Kier alpha value is -1.98.